The Morgan fingerprint density at radius 3 is 1.88 bits per heavy atom. The van der Waals surface area contributed by atoms with Crippen LogP contribution in [0.5, 0.6) is 5.75 Å². The second-order valence-corrected chi connectivity index (χ2v) is 10.1. The Labute approximate surface area is 235 Å². The van der Waals surface area contributed by atoms with Crippen LogP contribution < -0.4 is 21.7 Å². The van der Waals surface area contributed by atoms with E-state index < -0.39 is 60.2 Å². The van der Waals surface area contributed by atoms with Gasteiger partial charge in [0.2, 0.25) is 17.7 Å². The number of carboxylic acids is 2. The molecule has 0 aliphatic heterocycles. The van der Waals surface area contributed by atoms with Gasteiger partial charge in [-0.15, -0.1) is 0 Å². The molecule has 13 heteroatoms. The normalized spacial score (nSPS) is 13.8. The number of aliphatic carboxylic acids is 2. The largest absolute Gasteiger partial charge is 0.508 e. The fourth-order valence-electron chi connectivity index (χ4n) is 3.74. The lowest BCUT2D eigenvalue weighted by molar-refractivity contribution is -0.142. The predicted octanol–water partition coefficient (Wildman–Crippen LogP) is 0.272. The smallest absolute Gasteiger partial charge is 0.326 e. The quantitative estimate of drug-likeness (QED) is 0.146. The fourth-order valence-corrected chi connectivity index (χ4v) is 4.21. The van der Waals surface area contributed by atoms with E-state index in [1.54, 1.807) is 48.7 Å². The number of carboxylic acid groups (broad SMARTS) is 2. The minimum absolute atomic E-state index is 0.000121. The van der Waals surface area contributed by atoms with E-state index in [1.807, 2.05) is 0 Å². The van der Waals surface area contributed by atoms with Crippen molar-refractivity contribution in [2.45, 2.75) is 49.9 Å². The molecule has 3 amide bonds. The Kier molecular flexibility index (Phi) is 12.9. The van der Waals surface area contributed by atoms with Crippen LogP contribution in [-0.2, 0) is 36.8 Å². The average Bonchev–Trinajstić information content (AvgIpc) is 2.91. The number of nitrogens with two attached hydrogens (primary N) is 1. The lowest BCUT2D eigenvalue weighted by Gasteiger charge is -2.25. The molecule has 0 aliphatic carbocycles. The first kappa shape index (κ1) is 32.1. The number of aromatic hydroxyl groups is 1. The van der Waals surface area contributed by atoms with Crippen LogP contribution in [0.1, 0.15) is 24.0 Å². The molecule has 40 heavy (non-hydrogen) atoms. The van der Waals surface area contributed by atoms with Gasteiger partial charge in [-0.05, 0) is 41.7 Å². The van der Waals surface area contributed by atoms with Crippen LogP contribution in [0, 0.1) is 0 Å². The van der Waals surface area contributed by atoms with Gasteiger partial charge in [0.25, 0.3) is 0 Å². The van der Waals surface area contributed by atoms with Crippen molar-refractivity contribution in [2.24, 2.45) is 5.73 Å². The number of phenolic OH excluding ortho intramolecular Hbond substituents is 1. The van der Waals surface area contributed by atoms with Crippen molar-refractivity contribution in [1.82, 2.24) is 16.0 Å². The van der Waals surface area contributed by atoms with Crippen LogP contribution in [0.2, 0.25) is 0 Å². The molecule has 12 nitrogen and oxygen atoms in total. The summed E-state index contributed by atoms with van der Waals surface area (Å²) >= 11 is 1.41. The van der Waals surface area contributed by atoms with Crippen molar-refractivity contribution in [3.8, 4) is 5.75 Å². The maximum Gasteiger partial charge on any atom is 0.326 e. The monoisotopic (exact) mass is 574 g/mol. The topological polar surface area (TPSA) is 208 Å². The second-order valence-electron chi connectivity index (χ2n) is 9.07. The number of hydrogen-bond donors (Lipinski definition) is 7. The van der Waals surface area contributed by atoms with Crippen LogP contribution in [0.3, 0.4) is 0 Å². The molecule has 0 saturated heterocycles. The highest BCUT2D eigenvalue weighted by Crippen LogP contribution is 2.13. The summed E-state index contributed by atoms with van der Waals surface area (Å²) in [7, 11) is 0. The van der Waals surface area contributed by atoms with Gasteiger partial charge in [-0.3, -0.25) is 19.2 Å². The predicted molar refractivity (Wildman–Crippen MR) is 149 cm³/mol. The molecule has 0 fully saturated rings. The van der Waals surface area contributed by atoms with E-state index in [9.17, 15) is 34.2 Å². The number of benzene rings is 2. The SMILES string of the molecule is CSCCC(NC(=O)C(N)CC(=O)O)C(=O)NC(Cc1ccc(O)cc1)C(=O)NC(Cc1ccccc1)C(=O)O. The van der Waals surface area contributed by atoms with Crippen molar-refractivity contribution in [3.05, 3.63) is 65.7 Å². The number of hydrogen-bond acceptors (Lipinski definition) is 8. The Hall–Kier alpha value is -4.10. The number of carbonyl (C=O) groups is 5. The minimum Gasteiger partial charge on any atom is -0.508 e. The molecule has 0 saturated carbocycles. The number of carbonyl (C=O) groups excluding carboxylic acids is 3. The van der Waals surface area contributed by atoms with Gasteiger partial charge < -0.3 is 37.0 Å². The molecular weight excluding hydrogens is 540 g/mol. The molecule has 0 bridgehead atoms. The van der Waals surface area contributed by atoms with Gasteiger partial charge in [0.1, 0.15) is 23.9 Å². The molecule has 0 aliphatic rings. The highest BCUT2D eigenvalue weighted by molar-refractivity contribution is 7.98. The van der Waals surface area contributed by atoms with Crippen molar-refractivity contribution >= 4 is 41.4 Å². The van der Waals surface area contributed by atoms with Crippen LogP contribution in [-0.4, -0.2) is 81.2 Å². The summed E-state index contributed by atoms with van der Waals surface area (Å²) in [4.78, 5) is 61.9. The van der Waals surface area contributed by atoms with Crippen LogP contribution in [0.25, 0.3) is 0 Å². The minimum atomic E-state index is -1.38. The van der Waals surface area contributed by atoms with Crippen molar-refractivity contribution < 1.29 is 39.3 Å². The number of rotatable bonds is 16. The third-order valence-corrected chi connectivity index (χ3v) is 6.53. The summed E-state index contributed by atoms with van der Waals surface area (Å²) in [5.41, 5.74) is 6.89. The summed E-state index contributed by atoms with van der Waals surface area (Å²) in [5, 5.41) is 35.8. The summed E-state index contributed by atoms with van der Waals surface area (Å²) in [6, 6.07) is 9.62. The molecule has 2 aromatic rings. The van der Waals surface area contributed by atoms with E-state index in [-0.39, 0.29) is 25.0 Å². The van der Waals surface area contributed by atoms with Gasteiger partial charge in [0.05, 0.1) is 12.5 Å². The zero-order chi connectivity index (χ0) is 29.7. The van der Waals surface area contributed by atoms with E-state index in [2.05, 4.69) is 16.0 Å². The van der Waals surface area contributed by atoms with Crippen LogP contribution >= 0.6 is 11.8 Å². The first-order valence-electron chi connectivity index (χ1n) is 12.4. The molecule has 2 aromatic carbocycles. The van der Waals surface area contributed by atoms with Gasteiger partial charge >= 0.3 is 11.9 Å². The molecule has 216 valence electrons. The lowest BCUT2D eigenvalue weighted by Crippen LogP contribution is -2.58. The van der Waals surface area contributed by atoms with Crippen molar-refractivity contribution in [2.75, 3.05) is 12.0 Å². The van der Waals surface area contributed by atoms with Gasteiger partial charge in [-0.25, -0.2) is 4.79 Å². The third kappa shape index (κ3) is 10.9. The summed E-state index contributed by atoms with van der Waals surface area (Å²) < 4.78 is 0. The molecule has 8 N–H and O–H groups in total. The zero-order valence-corrected chi connectivity index (χ0v) is 22.7. The molecule has 2 rings (SSSR count). The fraction of sp³-hybridized carbons (Fsp3) is 0.370. The van der Waals surface area contributed by atoms with E-state index >= 15 is 0 Å². The van der Waals surface area contributed by atoms with Crippen LogP contribution in [0.15, 0.2) is 54.6 Å². The third-order valence-electron chi connectivity index (χ3n) is 5.88. The standard InChI is InChI=1S/C27H34N4O8S/c1-40-12-11-20(29-24(35)19(28)15-23(33)34)25(36)30-21(13-17-7-9-18(32)10-8-17)26(37)31-22(27(38)39)14-16-5-3-2-4-6-16/h2-10,19-22,32H,11-15,28H2,1H3,(H,29,35)(H,30,36)(H,31,37)(H,33,34)(H,38,39). The van der Waals surface area contributed by atoms with Crippen molar-refractivity contribution in [3.63, 3.8) is 0 Å². The number of amides is 3. The average molecular weight is 575 g/mol. The molecular formula is C27H34N4O8S. The van der Waals surface area contributed by atoms with Crippen molar-refractivity contribution in [1.29, 1.82) is 0 Å². The Morgan fingerprint density at radius 2 is 1.30 bits per heavy atom. The maximum absolute atomic E-state index is 13.3. The Balaban J connectivity index is 2.25. The summed E-state index contributed by atoms with van der Waals surface area (Å²) in [6.45, 7) is 0. The molecule has 4 atom stereocenters. The number of thioether (sulfide) groups is 1. The Bertz CT molecular complexity index is 1160. The highest BCUT2D eigenvalue weighted by atomic mass is 32.2. The van der Waals surface area contributed by atoms with Gasteiger partial charge in [0.15, 0.2) is 0 Å². The van der Waals surface area contributed by atoms with Crippen LogP contribution in [0.4, 0.5) is 0 Å². The Morgan fingerprint density at radius 1 is 0.775 bits per heavy atom. The van der Waals surface area contributed by atoms with E-state index in [0.717, 1.165) is 0 Å². The van der Waals surface area contributed by atoms with E-state index in [0.29, 0.717) is 16.9 Å². The van der Waals surface area contributed by atoms with Gasteiger partial charge in [-0.1, -0.05) is 42.5 Å². The molecule has 0 heterocycles. The maximum atomic E-state index is 13.3. The molecule has 4 unspecified atom stereocenters. The molecule has 0 spiro atoms. The van der Waals surface area contributed by atoms with E-state index in [4.69, 9.17) is 10.8 Å². The first-order valence-corrected chi connectivity index (χ1v) is 13.8. The number of nitrogens with one attached hydrogen (secondary N) is 3. The van der Waals surface area contributed by atoms with E-state index in [1.165, 1.54) is 23.9 Å². The van der Waals surface area contributed by atoms with Gasteiger partial charge in [-0.2, -0.15) is 11.8 Å². The summed E-state index contributed by atoms with van der Waals surface area (Å²) in [5.74, 6) is -4.40. The highest BCUT2D eigenvalue weighted by Gasteiger charge is 2.31. The second kappa shape index (κ2) is 16.1. The summed E-state index contributed by atoms with van der Waals surface area (Å²) in [6.07, 6.45) is 1.30. The number of phenols is 1. The zero-order valence-electron chi connectivity index (χ0n) is 21.9. The first-order chi connectivity index (χ1) is 19.0. The van der Waals surface area contributed by atoms with Gasteiger partial charge in [0, 0.05) is 12.8 Å². The molecule has 0 aromatic heterocycles. The lowest BCUT2D eigenvalue weighted by atomic mass is 10.0. The molecule has 0 radical (unpaired) electrons.